The van der Waals surface area contributed by atoms with E-state index in [0.29, 0.717) is 19.0 Å². The molecule has 0 atom stereocenters. The molecule has 0 aliphatic heterocycles. The summed E-state index contributed by atoms with van der Waals surface area (Å²) in [6, 6.07) is 22.5. The fourth-order valence-corrected chi connectivity index (χ4v) is 2.23. The summed E-state index contributed by atoms with van der Waals surface area (Å²) in [7, 11) is 0. The Morgan fingerprint density at radius 1 is 0.727 bits per heavy atom. The highest BCUT2D eigenvalue weighted by molar-refractivity contribution is 5.63. The van der Waals surface area contributed by atoms with Crippen molar-refractivity contribution in [3.8, 4) is 11.1 Å². The Bertz CT molecular complexity index is 707. The Morgan fingerprint density at radius 2 is 1.36 bits per heavy atom. The minimum atomic E-state index is 0.528. The summed E-state index contributed by atoms with van der Waals surface area (Å²) < 4.78 is 5.71. The highest BCUT2D eigenvalue weighted by atomic mass is 16.5. The van der Waals surface area contributed by atoms with Crippen molar-refractivity contribution < 1.29 is 4.74 Å². The van der Waals surface area contributed by atoms with Crippen molar-refractivity contribution in [1.29, 1.82) is 0 Å². The van der Waals surface area contributed by atoms with Gasteiger partial charge < -0.3 is 10.5 Å². The number of hydrogen-bond donors (Lipinski definition) is 1. The van der Waals surface area contributed by atoms with E-state index in [-0.39, 0.29) is 0 Å². The maximum Gasteiger partial charge on any atom is 0.123 e. The summed E-state index contributed by atoms with van der Waals surface area (Å²) in [5.74, 6) is 0.528. The number of aromatic nitrogens is 1. The molecular weight excluding hydrogens is 272 g/mol. The van der Waals surface area contributed by atoms with E-state index < -0.39 is 0 Å². The van der Waals surface area contributed by atoms with Gasteiger partial charge in [-0.3, -0.25) is 0 Å². The molecule has 2 aromatic carbocycles. The molecule has 3 nitrogen and oxygen atoms in total. The van der Waals surface area contributed by atoms with Crippen LogP contribution in [0.3, 0.4) is 0 Å². The topological polar surface area (TPSA) is 48.1 Å². The Morgan fingerprint density at radius 3 is 2.05 bits per heavy atom. The summed E-state index contributed by atoms with van der Waals surface area (Å²) in [6.07, 6.45) is 1.74. The molecule has 1 aromatic heterocycles. The molecule has 0 spiro atoms. The molecule has 0 aliphatic carbocycles. The molecule has 3 aromatic rings. The van der Waals surface area contributed by atoms with Gasteiger partial charge in [-0.2, -0.15) is 0 Å². The monoisotopic (exact) mass is 290 g/mol. The molecule has 110 valence electrons. The van der Waals surface area contributed by atoms with Gasteiger partial charge in [0.25, 0.3) is 0 Å². The highest BCUT2D eigenvalue weighted by Crippen LogP contribution is 2.19. The quantitative estimate of drug-likeness (QED) is 0.771. The highest BCUT2D eigenvalue weighted by Gasteiger charge is 1.99. The lowest BCUT2D eigenvalue weighted by Crippen LogP contribution is -1.96. The number of ether oxygens (including phenoxy) is 1. The average molecular weight is 290 g/mol. The predicted molar refractivity (Wildman–Crippen MR) is 89.0 cm³/mol. The fraction of sp³-hybridized carbons (Fsp3) is 0.105. The third kappa shape index (κ3) is 3.71. The Kier molecular flexibility index (Phi) is 4.47. The summed E-state index contributed by atoms with van der Waals surface area (Å²) in [5, 5.41) is 0. The summed E-state index contributed by atoms with van der Waals surface area (Å²) in [6.45, 7) is 1.12. The van der Waals surface area contributed by atoms with Crippen LogP contribution in [0, 0.1) is 0 Å². The van der Waals surface area contributed by atoms with Crippen molar-refractivity contribution in [2.24, 2.45) is 0 Å². The zero-order valence-electron chi connectivity index (χ0n) is 12.3. The summed E-state index contributed by atoms with van der Waals surface area (Å²) >= 11 is 0. The Labute approximate surface area is 130 Å². The first-order valence-electron chi connectivity index (χ1n) is 7.24. The van der Waals surface area contributed by atoms with Gasteiger partial charge in [-0.15, -0.1) is 0 Å². The lowest BCUT2D eigenvalue weighted by molar-refractivity contribution is 0.107. The fourth-order valence-electron chi connectivity index (χ4n) is 2.23. The second-order valence-electron chi connectivity index (χ2n) is 5.15. The van der Waals surface area contributed by atoms with E-state index in [1.54, 1.807) is 12.3 Å². The normalized spacial score (nSPS) is 10.5. The molecule has 3 heteroatoms. The van der Waals surface area contributed by atoms with E-state index in [4.69, 9.17) is 10.5 Å². The van der Waals surface area contributed by atoms with E-state index in [2.05, 4.69) is 41.4 Å². The number of anilines is 1. The molecule has 0 bridgehead atoms. The van der Waals surface area contributed by atoms with Gasteiger partial charge in [0.2, 0.25) is 0 Å². The van der Waals surface area contributed by atoms with Crippen molar-refractivity contribution in [3.63, 3.8) is 0 Å². The van der Waals surface area contributed by atoms with Gasteiger partial charge in [-0.1, -0.05) is 60.7 Å². The van der Waals surface area contributed by atoms with Crippen molar-refractivity contribution in [2.45, 2.75) is 13.2 Å². The first-order chi connectivity index (χ1) is 10.8. The van der Waals surface area contributed by atoms with Crippen LogP contribution in [0.25, 0.3) is 11.1 Å². The summed E-state index contributed by atoms with van der Waals surface area (Å²) in [5.41, 5.74) is 10.2. The van der Waals surface area contributed by atoms with Gasteiger partial charge in [0.15, 0.2) is 0 Å². The van der Waals surface area contributed by atoms with E-state index >= 15 is 0 Å². The second kappa shape index (κ2) is 6.87. The number of pyridine rings is 1. The zero-order valence-corrected chi connectivity index (χ0v) is 12.3. The van der Waals surface area contributed by atoms with Gasteiger partial charge in [0.05, 0.1) is 13.2 Å². The van der Waals surface area contributed by atoms with Gasteiger partial charge in [-0.05, 0) is 28.3 Å². The predicted octanol–water partition coefficient (Wildman–Crippen LogP) is 4.05. The molecule has 0 radical (unpaired) electrons. The Balaban J connectivity index is 1.56. The first-order valence-corrected chi connectivity index (χ1v) is 7.24. The minimum Gasteiger partial charge on any atom is -0.384 e. The molecule has 0 unspecified atom stereocenters. The van der Waals surface area contributed by atoms with E-state index in [1.807, 2.05) is 24.3 Å². The van der Waals surface area contributed by atoms with Crippen LogP contribution in [0.2, 0.25) is 0 Å². The maximum absolute atomic E-state index is 5.71. The lowest BCUT2D eigenvalue weighted by atomic mass is 10.0. The van der Waals surface area contributed by atoms with Gasteiger partial charge in [-0.25, -0.2) is 4.98 Å². The van der Waals surface area contributed by atoms with Crippen LogP contribution in [0.1, 0.15) is 11.1 Å². The number of rotatable bonds is 5. The standard InChI is InChI=1S/C19H18N2O/c20-19-11-8-16(12-21-19)14-22-13-15-6-9-18(10-7-15)17-4-2-1-3-5-17/h1-12H,13-14H2,(H2,20,21). The maximum atomic E-state index is 5.71. The number of nitrogens with zero attached hydrogens (tertiary/aromatic N) is 1. The van der Waals surface area contributed by atoms with Crippen LogP contribution in [0.15, 0.2) is 72.9 Å². The van der Waals surface area contributed by atoms with Crippen LogP contribution in [-0.4, -0.2) is 4.98 Å². The average Bonchev–Trinajstić information content (AvgIpc) is 2.58. The first kappa shape index (κ1) is 14.3. The van der Waals surface area contributed by atoms with Crippen molar-refractivity contribution in [2.75, 3.05) is 5.73 Å². The minimum absolute atomic E-state index is 0.528. The molecule has 0 saturated carbocycles. The van der Waals surface area contributed by atoms with E-state index in [0.717, 1.165) is 11.1 Å². The third-order valence-corrected chi connectivity index (χ3v) is 3.45. The van der Waals surface area contributed by atoms with E-state index in [9.17, 15) is 0 Å². The van der Waals surface area contributed by atoms with Crippen molar-refractivity contribution >= 4 is 5.82 Å². The lowest BCUT2D eigenvalue weighted by Gasteiger charge is -2.06. The largest absolute Gasteiger partial charge is 0.384 e. The molecule has 0 fully saturated rings. The number of nitrogen functional groups attached to an aromatic ring is 1. The molecule has 22 heavy (non-hydrogen) atoms. The SMILES string of the molecule is Nc1ccc(COCc2ccc(-c3ccccc3)cc2)cn1. The number of benzene rings is 2. The smallest absolute Gasteiger partial charge is 0.123 e. The van der Waals surface area contributed by atoms with Crippen LogP contribution in [-0.2, 0) is 18.0 Å². The van der Waals surface area contributed by atoms with Gasteiger partial charge in [0, 0.05) is 6.20 Å². The number of nitrogens with two attached hydrogens (primary N) is 1. The molecule has 0 amide bonds. The van der Waals surface area contributed by atoms with Crippen LogP contribution in [0.4, 0.5) is 5.82 Å². The van der Waals surface area contributed by atoms with Gasteiger partial charge >= 0.3 is 0 Å². The van der Waals surface area contributed by atoms with Crippen LogP contribution >= 0.6 is 0 Å². The Hall–Kier alpha value is -2.65. The van der Waals surface area contributed by atoms with Crippen molar-refractivity contribution in [3.05, 3.63) is 84.1 Å². The summed E-state index contributed by atoms with van der Waals surface area (Å²) in [4.78, 5) is 4.05. The second-order valence-corrected chi connectivity index (χ2v) is 5.15. The number of hydrogen-bond acceptors (Lipinski definition) is 3. The van der Waals surface area contributed by atoms with Crippen LogP contribution < -0.4 is 5.73 Å². The van der Waals surface area contributed by atoms with E-state index in [1.165, 1.54) is 11.1 Å². The molecule has 2 N–H and O–H groups in total. The van der Waals surface area contributed by atoms with Gasteiger partial charge in [0.1, 0.15) is 5.82 Å². The molecule has 1 heterocycles. The van der Waals surface area contributed by atoms with Crippen molar-refractivity contribution in [1.82, 2.24) is 4.98 Å². The molecule has 0 saturated heterocycles. The van der Waals surface area contributed by atoms with Crippen LogP contribution in [0.5, 0.6) is 0 Å². The molecule has 0 aliphatic rings. The zero-order chi connectivity index (χ0) is 15.2. The third-order valence-electron chi connectivity index (χ3n) is 3.45. The molecule has 3 rings (SSSR count). The molecular formula is C19H18N2O.